The van der Waals surface area contributed by atoms with Crippen LogP contribution in [-0.4, -0.2) is 55.7 Å². The van der Waals surface area contributed by atoms with Crippen LogP contribution in [0.3, 0.4) is 0 Å². The quantitative estimate of drug-likeness (QED) is 0.822. The van der Waals surface area contributed by atoms with Crippen molar-refractivity contribution in [1.82, 2.24) is 4.31 Å². The van der Waals surface area contributed by atoms with Gasteiger partial charge in [0.25, 0.3) is 0 Å². The molecule has 1 heterocycles. The molecule has 1 N–H and O–H groups in total. The number of hydrogen-bond donors (Lipinski definition) is 1. The number of aromatic hydroxyl groups is 1. The van der Waals surface area contributed by atoms with Crippen molar-refractivity contribution in [2.24, 2.45) is 0 Å². The van der Waals surface area contributed by atoms with Gasteiger partial charge in [-0.25, -0.2) is 8.42 Å². The molecule has 22 heavy (non-hydrogen) atoms. The fraction of sp³-hybridized carbons (Fsp3) is 0.500. The van der Waals surface area contributed by atoms with Gasteiger partial charge in [-0.05, 0) is 38.1 Å². The van der Waals surface area contributed by atoms with E-state index < -0.39 is 28.1 Å². The van der Waals surface area contributed by atoms with Crippen LogP contribution in [0, 0.1) is 0 Å². The van der Waals surface area contributed by atoms with Crippen molar-refractivity contribution < 1.29 is 27.8 Å². The molecule has 0 radical (unpaired) electrons. The van der Waals surface area contributed by atoms with Crippen LogP contribution < -0.4 is 0 Å². The molecule has 0 unspecified atom stereocenters. The Labute approximate surface area is 129 Å². The number of carbonyl (C=O) groups is 1. The number of phenolic OH excluding ortho intramolecular Hbond substituents is 1. The van der Waals surface area contributed by atoms with E-state index in [1.54, 1.807) is 13.8 Å². The average molecular weight is 329 g/mol. The predicted molar refractivity (Wildman–Crippen MR) is 77.8 cm³/mol. The van der Waals surface area contributed by atoms with E-state index in [-0.39, 0.29) is 23.3 Å². The molecular weight excluding hydrogens is 310 g/mol. The van der Waals surface area contributed by atoms with Crippen molar-refractivity contribution in [2.75, 3.05) is 13.7 Å². The smallest absolute Gasteiger partial charge is 0.326 e. The van der Waals surface area contributed by atoms with E-state index in [0.29, 0.717) is 0 Å². The largest absolute Gasteiger partial charge is 0.508 e. The van der Waals surface area contributed by atoms with Crippen LogP contribution in [-0.2, 0) is 24.3 Å². The molecule has 0 saturated carbocycles. The van der Waals surface area contributed by atoms with Crippen molar-refractivity contribution in [2.45, 2.75) is 37.0 Å². The van der Waals surface area contributed by atoms with Crippen molar-refractivity contribution in [1.29, 1.82) is 0 Å². The normalized spacial score (nSPS) is 26.6. The number of carbonyl (C=O) groups excluding carboxylic acids is 1. The molecule has 1 aliphatic heterocycles. The summed E-state index contributed by atoms with van der Waals surface area (Å²) in [5, 5.41) is 9.29. The average Bonchev–Trinajstić information content (AvgIpc) is 2.46. The number of methoxy groups -OCH3 is 1. The standard InChI is InChI=1S/C14H19NO6S/c1-9-8-15(13(10(2)21-9)14(17)20-3)22(18,19)12-6-4-11(16)5-7-12/h4-7,9-10,13,16H,8H2,1-3H3/t9-,10-,13+/m0/s1. The zero-order chi connectivity index (χ0) is 16.5. The number of phenols is 1. The third kappa shape index (κ3) is 3.08. The summed E-state index contributed by atoms with van der Waals surface area (Å²) in [7, 11) is -2.70. The molecule has 1 aliphatic rings. The number of rotatable bonds is 3. The maximum atomic E-state index is 12.8. The molecule has 1 aromatic rings. The number of ether oxygens (including phenoxy) is 2. The van der Waals surface area contributed by atoms with Gasteiger partial charge in [0.15, 0.2) is 0 Å². The molecular formula is C14H19NO6S. The van der Waals surface area contributed by atoms with Gasteiger partial charge in [0, 0.05) is 6.54 Å². The SMILES string of the molecule is COC(=O)[C@H]1[C@H](C)O[C@@H](C)CN1S(=O)(=O)c1ccc(O)cc1. The third-order valence-electron chi connectivity index (χ3n) is 3.52. The van der Waals surface area contributed by atoms with Crippen LogP contribution in [0.4, 0.5) is 0 Å². The van der Waals surface area contributed by atoms with Crippen LogP contribution in [0.25, 0.3) is 0 Å². The number of nitrogens with zero attached hydrogens (tertiary/aromatic N) is 1. The van der Waals surface area contributed by atoms with Crippen molar-refractivity contribution >= 4 is 16.0 Å². The highest BCUT2D eigenvalue weighted by atomic mass is 32.2. The minimum atomic E-state index is -3.91. The highest BCUT2D eigenvalue weighted by Crippen LogP contribution is 2.27. The lowest BCUT2D eigenvalue weighted by Gasteiger charge is -2.39. The Bertz CT molecular complexity index is 642. The van der Waals surface area contributed by atoms with Crippen molar-refractivity contribution in [3.8, 4) is 5.75 Å². The van der Waals surface area contributed by atoms with Gasteiger partial charge in [-0.1, -0.05) is 0 Å². The van der Waals surface area contributed by atoms with E-state index in [1.165, 1.54) is 31.4 Å². The topological polar surface area (TPSA) is 93.1 Å². The summed E-state index contributed by atoms with van der Waals surface area (Å²) in [6.45, 7) is 3.42. The summed E-state index contributed by atoms with van der Waals surface area (Å²) in [5.41, 5.74) is 0. The Morgan fingerprint density at radius 1 is 1.32 bits per heavy atom. The lowest BCUT2D eigenvalue weighted by Crippen LogP contribution is -2.58. The van der Waals surface area contributed by atoms with Gasteiger partial charge in [-0.3, -0.25) is 4.79 Å². The van der Waals surface area contributed by atoms with Gasteiger partial charge in [0.05, 0.1) is 24.2 Å². The Kier molecular flexibility index (Phi) is 4.74. The Hall–Kier alpha value is -1.64. The molecule has 3 atom stereocenters. The highest BCUT2D eigenvalue weighted by Gasteiger charge is 2.45. The zero-order valence-electron chi connectivity index (χ0n) is 12.6. The second-order valence-electron chi connectivity index (χ2n) is 5.19. The van der Waals surface area contributed by atoms with Gasteiger partial charge >= 0.3 is 5.97 Å². The van der Waals surface area contributed by atoms with Crippen molar-refractivity contribution in [3.05, 3.63) is 24.3 Å². The van der Waals surface area contributed by atoms with Gasteiger partial charge < -0.3 is 14.6 Å². The molecule has 122 valence electrons. The molecule has 1 saturated heterocycles. The van der Waals surface area contributed by atoms with Crippen LogP contribution in [0.1, 0.15) is 13.8 Å². The molecule has 2 rings (SSSR count). The maximum absolute atomic E-state index is 12.8. The summed E-state index contributed by atoms with van der Waals surface area (Å²) in [5.74, 6) is -0.700. The molecule has 0 aliphatic carbocycles. The van der Waals surface area contributed by atoms with E-state index in [2.05, 4.69) is 0 Å². The number of benzene rings is 1. The first kappa shape index (κ1) is 16.7. The van der Waals surface area contributed by atoms with Crippen molar-refractivity contribution in [3.63, 3.8) is 0 Å². The van der Waals surface area contributed by atoms with Crippen LogP contribution in [0.2, 0.25) is 0 Å². The first-order valence-electron chi connectivity index (χ1n) is 6.81. The second-order valence-corrected chi connectivity index (χ2v) is 7.08. The van der Waals surface area contributed by atoms with Gasteiger partial charge in [0.1, 0.15) is 11.8 Å². The van der Waals surface area contributed by atoms with Gasteiger partial charge in [-0.2, -0.15) is 4.31 Å². The van der Waals surface area contributed by atoms with E-state index in [4.69, 9.17) is 9.47 Å². The molecule has 8 heteroatoms. The molecule has 1 aromatic carbocycles. The fourth-order valence-corrected chi connectivity index (χ4v) is 4.23. The number of hydrogen-bond acceptors (Lipinski definition) is 6. The summed E-state index contributed by atoms with van der Waals surface area (Å²) in [4.78, 5) is 12.0. The summed E-state index contributed by atoms with van der Waals surface area (Å²) in [6, 6.07) is 4.12. The van der Waals surface area contributed by atoms with Crippen LogP contribution >= 0.6 is 0 Å². The van der Waals surface area contributed by atoms with E-state index >= 15 is 0 Å². The molecule has 0 spiro atoms. The molecule has 0 aromatic heterocycles. The van der Waals surface area contributed by atoms with Crippen LogP contribution in [0.5, 0.6) is 5.75 Å². The third-order valence-corrected chi connectivity index (χ3v) is 5.39. The number of esters is 1. The lowest BCUT2D eigenvalue weighted by atomic mass is 10.1. The Balaban J connectivity index is 2.44. The summed E-state index contributed by atoms with van der Waals surface area (Å²) in [6.07, 6.45) is -0.967. The first-order chi connectivity index (χ1) is 10.3. The zero-order valence-corrected chi connectivity index (χ0v) is 13.4. The number of sulfonamides is 1. The van der Waals surface area contributed by atoms with Crippen LogP contribution in [0.15, 0.2) is 29.2 Å². The Morgan fingerprint density at radius 3 is 2.45 bits per heavy atom. The van der Waals surface area contributed by atoms with Gasteiger partial charge in [-0.15, -0.1) is 0 Å². The highest BCUT2D eigenvalue weighted by molar-refractivity contribution is 7.89. The van der Waals surface area contributed by atoms with Gasteiger partial charge in [0.2, 0.25) is 10.0 Å². The number of morpholine rings is 1. The monoisotopic (exact) mass is 329 g/mol. The van der Waals surface area contributed by atoms with E-state index in [9.17, 15) is 18.3 Å². The molecule has 0 bridgehead atoms. The minimum Gasteiger partial charge on any atom is -0.508 e. The van der Waals surface area contributed by atoms with E-state index in [1.807, 2.05) is 0 Å². The summed E-state index contributed by atoms with van der Waals surface area (Å²) < 4.78 is 37.0. The molecule has 7 nitrogen and oxygen atoms in total. The molecule has 0 amide bonds. The summed E-state index contributed by atoms with van der Waals surface area (Å²) >= 11 is 0. The fourth-order valence-electron chi connectivity index (χ4n) is 2.52. The maximum Gasteiger partial charge on any atom is 0.326 e. The second kappa shape index (κ2) is 6.23. The minimum absolute atomic E-state index is 0.000466. The molecule has 1 fully saturated rings. The van der Waals surface area contributed by atoms with E-state index in [0.717, 1.165) is 4.31 Å². The lowest BCUT2D eigenvalue weighted by molar-refractivity contribution is -0.158. The predicted octanol–water partition coefficient (Wildman–Crippen LogP) is 0.732. The Morgan fingerprint density at radius 2 is 1.91 bits per heavy atom. The first-order valence-corrected chi connectivity index (χ1v) is 8.25.